The van der Waals surface area contributed by atoms with Crippen LogP contribution in [0.4, 0.5) is 5.82 Å². The summed E-state index contributed by atoms with van der Waals surface area (Å²) in [5.41, 5.74) is 2.93. The maximum absolute atomic E-state index is 13.0. The van der Waals surface area contributed by atoms with Crippen molar-refractivity contribution in [1.82, 2.24) is 29.3 Å². The number of methoxy groups -OCH3 is 1. The minimum atomic E-state index is -3.54. The fourth-order valence-corrected chi connectivity index (χ4v) is 5.31. The van der Waals surface area contributed by atoms with Crippen LogP contribution in [0.2, 0.25) is 0 Å². The molecule has 0 radical (unpaired) electrons. The van der Waals surface area contributed by atoms with Gasteiger partial charge in [-0.2, -0.15) is 8.99 Å². The van der Waals surface area contributed by atoms with Crippen LogP contribution in [0.15, 0.2) is 59.8 Å². The van der Waals surface area contributed by atoms with Crippen LogP contribution in [0.3, 0.4) is 0 Å². The van der Waals surface area contributed by atoms with Crippen LogP contribution in [-0.4, -0.2) is 71.0 Å². The number of sulfonamides is 1. The highest BCUT2D eigenvalue weighted by atomic mass is 32.2. The topological polar surface area (TPSA) is 106 Å². The SMILES string of the molecule is COc1cccc(-n2nnc3c(N4CCN(S(=O)(=O)c5ccc(C)cc5)CC4)ncnc32)c1. The molecule has 33 heavy (non-hydrogen) atoms. The highest BCUT2D eigenvalue weighted by Crippen LogP contribution is 2.26. The Hall–Kier alpha value is -3.57. The lowest BCUT2D eigenvalue weighted by molar-refractivity contribution is 0.384. The van der Waals surface area contributed by atoms with Gasteiger partial charge in [-0.05, 0) is 31.2 Å². The number of rotatable bonds is 5. The smallest absolute Gasteiger partial charge is 0.243 e. The molecule has 0 N–H and O–H groups in total. The normalized spacial score (nSPS) is 15.2. The molecule has 170 valence electrons. The first-order valence-electron chi connectivity index (χ1n) is 10.5. The van der Waals surface area contributed by atoms with Gasteiger partial charge in [0.2, 0.25) is 10.0 Å². The maximum atomic E-state index is 13.0. The third kappa shape index (κ3) is 3.89. The first kappa shape index (κ1) is 21.3. The minimum Gasteiger partial charge on any atom is -0.497 e. The van der Waals surface area contributed by atoms with E-state index in [9.17, 15) is 8.42 Å². The summed E-state index contributed by atoms with van der Waals surface area (Å²) in [6, 6.07) is 14.4. The molecule has 0 saturated carbocycles. The van der Waals surface area contributed by atoms with Crippen molar-refractivity contribution in [3.63, 3.8) is 0 Å². The fraction of sp³-hybridized carbons (Fsp3) is 0.273. The first-order chi connectivity index (χ1) is 16.0. The van der Waals surface area contributed by atoms with Crippen LogP contribution in [-0.2, 0) is 10.0 Å². The number of aryl methyl sites for hydroxylation is 1. The van der Waals surface area contributed by atoms with E-state index in [4.69, 9.17) is 4.74 Å². The molecule has 1 aliphatic rings. The Morgan fingerprint density at radius 1 is 0.970 bits per heavy atom. The second-order valence-electron chi connectivity index (χ2n) is 7.78. The Morgan fingerprint density at radius 2 is 1.73 bits per heavy atom. The number of hydrogen-bond acceptors (Lipinski definition) is 8. The Kier molecular flexibility index (Phi) is 5.43. The van der Waals surface area contributed by atoms with Gasteiger partial charge in [0.25, 0.3) is 0 Å². The van der Waals surface area contributed by atoms with Gasteiger partial charge < -0.3 is 9.64 Å². The van der Waals surface area contributed by atoms with Crippen molar-refractivity contribution in [3.05, 3.63) is 60.4 Å². The van der Waals surface area contributed by atoms with Crippen molar-refractivity contribution in [2.24, 2.45) is 0 Å². The molecule has 3 heterocycles. The van der Waals surface area contributed by atoms with Crippen molar-refractivity contribution >= 4 is 27.0 Å². The monoisotopic (exact) mass is 465 g/mol. The Labute approximate surface area is 191 Å². The van der Waals surface area contributed by atoms with Crippen LogP contribution in [0.25, 0.3) is 16.9 Å². The average Bonchev–Trinajstić information content (AvgIpc) is 3.29. The minimum absolute atomic E-state index is 0.312. The summed E-state index contributed by atoms with van der Waals surface area (Å²) in [6.45, 7) is 3.62. The number of aromatic nitrogens is 5. The molecule has 2 aromatic heterocycles. The van der Waals surface area contributed by atoms with Gasteiger partial charge in [-0.3, -0.25) is 0 Å². The molecule has 1 fully saturated rings. The van der Waals surface area contributed by atoms with Gasteiger partial charge in [-0.15, -0.1) is 5.10 Å². The molecule has 0 aliphatic carbocycles. The molecule has 1 saturated heterocycles. The number of ether oxygens (including phenoxy) is 1. The molecule has 0 amide bonds. The Morgan fingerprint density at radius 3 is 2.45 bits per heavy atom. The molecule has 0 bridgehead atoms. The fourth-order valence-electron chi connectivity index (χ4n) is 3.88. The van der Waals surface area contributed by atoms with Gasteiger partial charge in [-0.25, -0.2) is 18.4 Å². The standard InChI is InChI=1S/C22H23N7O3S/c1-16-6-8-19(9-7-16)33(30,31)28-12-10-27(11-13-28)21-20-22(24-15-23-21)29(26-25-20)17-4-3-5-18(14-17)32-2/h3-9,14-15H,10-13H2,1-2H3. The van der Waals surface area contributed by atoms with Crippen LogP contribution in [0, 0.1) is 6.92 Å². The van der Waals surface area contributed by atoms with Crippen LogP contribution in [0.1, 0.15) is 5.56 Å². The number of benzene rings is 2. The third-order valence-electron chi connectivity index (χ3n) is 5.71. The maximum Gasteiger partial charge on any atom is 0.243 e. The lowest BCUT2D eigenvalue weighted by Gasteiger charge is -2.34. The van der Waals surface area contributed by atoms with Crippen LogP contribution >= 0.6 is 0 Å². The molecule has 5 rings (SSSR count). The van der Waals surface area contributed by atoms with E-state index >= 15 is 0 Å². The quantitative estimate of drug-likeness (QED) is 0.441. The van der Waals surface area contributed by atoms with Crippen LogP contribution < -0.4 is 9.64 Å². The highest BCUT2D eigenvalue weighted by Gasteiger charge is 2.30. The Balaban J connectivity index is 1.39. The van der Waals surface area contributed by atoms with Gasteiger partial charge in [0.05, 0.1) is 17.7 Å². The predicted octanol–water partition coefficient (Wildman–Crippen LogP) is 2.04. The van der Waals surface area contributed by atoms with E-state index in [1.807, 2.05) is 48.2 Å². The molecular formula is C22H23N7O3S. The predicted molar refractivity (Wildman–Crippen MR) is 123 cm³/mol. The number of fused-ring (bicyclic) bond motifs is 1. The van der Waals surface area contributed by atoms with Crippen molar-refractivity contribution in [2.75, 3.05) is 38.2 Å². The summed E-state index contributed by atoms with van der Waals surface area (Å²) in [5, 5.41) is 8.60. The largest absolute Gasteiger partial charge is 0.497 e. The van der Waals surface area contributed by atoms with Gasteiger partial charge in [0.1, 0.15) is 12.1 Å². The lowest BCUT2D eigenvalue weighted by atomic mass is 10.2. The summed E-state index contributed by atoms with van der Waals surface area (Å²) < 4.78 is 34.5. The molecule has 0 spiro atoms. The molecule has 11 heteroatoms. The van der Waals surface area contributed by atoms with E-state index < -0.39 is 10.0 Å². The zero-order chi connectivity index (χ0) is 23.0. The van der Waals surface area contributed by atoms with E-state index in [0.717, 1.165) is 11.3 Å². The number of piperazine rings is 1. The zero-order valence-corrected chi connectivity index (χ0v) is 19.1. The number of hydrogen-bond donors (Lipinski definition) is 0. The zero-order valence-electron chi connectivity index (χ0n) is 18.3. The highest BCUT2D eigenvalue weighted by molar-refractivity contribution is 7.89. The molecule has 0 atom stereocenters. The molecule has 4 aromatic rings. The molecular weight excluding hydrogens is 442 g/mol. The van der Waals surface area contributed by atoms with E-state index in [1.54, 1.807) is 23.9 Å². The molecule has 2 aromatic carbocycles. The van der Waals surface area contributed by atoms with Gasteiger partial charge in [-0.1, -0.05) is 29.0 Å². The lowest BCUT2D eigenvalue weighted by Crippen LogP contribution is -2.49. The molecule has 0 unspecified atom stereocenters. The van der Waals surface area contributed by atoms with Crippen molar-refractivity contribution < 1.29 is 13.2 Å². The second kappa shape index (κ2) is 8.41. The van der Waals surface area contributed by atoms with Crippen LogP contribution in [0.5, 0.6) is 5.75 Å². The van der Waals surface area contributed by atoms with Crippen molar-refractivity contribution in [1.29, 1.82) is 0 Å². The third-order valence-corrected chi connectivity index (χ3v) is 7.63. The summed E-state index contributed by atoms with van der Waals surface area (Å²) in [4.78, 5) is 11.2. The first-order valence-corrected chi connectivity index (χ1v) is 11.9. The average molecular weight is 466 g/mol. The molecule has 10 nitrogen and oxygen atoms in total. The number of nitrogens with zero attached hydrogens (tertiary/aromatic N) is 7. The van der Waals surface area contributed by atoms with E-state index in [-0.39, 0.29) is 0 Å². The summed E-state index contributed by atoms with van der Waals surface area (Å²) in [7, 11) is -1.93. The van der Waals surface area contributed by atoms with Gasteiger partial charge in [0.15, 0.2) is 17.0 Å². The van der Waals surface area contributed by atoms with Crippen molar-refractivity contribution in [2.45, 2.75) is 11.8 Å². The van der Waals surface area contributed by atoms with E-state index in [2.05, 4.69) is 20.3 Å². The molecule has 1 aliphatic heterocycles. The summed E-state index contributed by atoms with van der Waals surface area (Å²) >= 11 is 0. The summed E-state index contributed by atoms with van der Waals surface area (Å²) in [5.74, 6) is 1.35. The van der Waals surface area contributed by atoms with Gasteiger partial charge >= 0.3 is 0 Å². The Bertz CT molecular complexity index is 1400. The van der Waals surface area contributed by atoms with Crippen molar-refractivity contribution in [3.8, 4) is 11.4 Å². The second-order valence-corrected chi connectivity index (χ2v) is 9.71. The van der Waals surface area contributed by atoms with E-state index in [1.165, 1.54) is 10.6 Å². The van der Waals surface area contributed by atoms with E-state index in [0.29, 0.717) is 53.8 Å². The summed E-state index contributed by atoms with van der Waals surface area (Å²) in [6.07, 6.45) is 1.48. The van der Waals surface area contributed by atoms with Gasteiger partial charge in [0, 0.05) is 32.2 Å². The number of anilines is 1.